The van der Waals surface area contributed by atoms with E-state index in [0.717, 1.165) is 22.8 Å². The first-order chi connectivity index (χ1) is 13.5. The third-order valence-corrected chi connectivity index (χ3v) is 4.81. The Labute approximate surface area is 171 Å². The summed E-state index contributed by atoms with van der Waals surface area (Å²) < 4.78 is 5.21. The molecule has 0 saturated heterocycles. The Morgan fingerprint density at radius 2 is 1.86 bits per heavy atom. The molecule has 0 spiro atoms. The quantitative estimate of drug-likeness (QED) is 0.408. The molecule has 0 radical (unpaired) electrons. The average Bonchev–Trinajstić information content (AvgIpc) is 3.30. The van der Waals surface area contributed by atoms with Crippen molar-refractivity contribution in [3.05, 3.63) is 69.0 Å². The van der Waals surface area contributed by atoms with Crippen molar-refractivity contribution in [2.45, 2.75) is 20.8 Å². The number of aromatic nitrogens is 7. The molecule has 0 aliphatic rings. The molecule has 0 unspecified atom stereocenters. The highest BCUT2D eigenvalue weighted by Gasteiger charge is 2.15. The zero-order valence-corrected chi connectivity index (χ0v) is 17.0. The molecule has 3 aromatic heterocycles. The van der Waals surface area contributed by atoms with Crippen molar-refractivity contribution < 1.29 is 0 Å². The minimum atomic E-state index is 0.350. The van der Waals surface area contributed by atoms with Crippen LogP contribution in [-0.2, 0) is 0 Å². The minimum absolute atomic E-state index is 0.350. The summed E-state index contributed by atoms with van der Waals surface area (Å²) in [5.74, 6) is 0.469. The summed E-state index contributed by atoms with van der Waals surface area (Å²) in [6, 6.07) is 11.6. The smallest absolute Gasteiger partial charge is 0.248 e. The largest absolute Gasteiger partial charge is 0.271 e. The fraction of sp³-hybridized carbons (Fsp3) is 0.167. The van der Waals surface area contributed by atoms with Crippen molar-refractivity contribution in [2.24, 2.45) is 5.10 Å². The van der Waals surface area contributed by atoms with Gasteiger partial charge in [-0.2, -0.15) is 20.0 Å². The Morgan fingerprint density at radius 3 is 2.54 bits per heavy atom. The number of nitrogens with one attached hydrogen (secondary N) is 1. The number of aryl methyl sites for hydroxylation is 3. The molecular formula is C18H17ClN8S. The summed E-state index contributed by atoms with van der Waals surface area (Å²) in [6.45, 7) is 5.74. The lowest BCUT2D eigenvalue weighted by Gasteiger charge is -2.03. The highest BCUT2D eigenvalue weighted by Crippen LogP contribution is 2.22. The maximum atomic E-state index is 6.56. The summed E-state index contributed by atoms with van der Waals surface area (Å²) in [6.07, 6.45) is 1.63. The molecule has 0 fully saturated rings. The van der Waals surface area contributed by atoms with Gasteiger partial charge in [-0.05, 0) is 51.2 Å². The van der Waals surface area contributed by atoms with E-state index < -0.39 is 0 Å². The molecule has 8 nitrogen and oxygen atoms in total. The Balaban J connectivity index is 1.76. The van der Waals surface area contributed by atoms with Crippen molar-refractivity contribution in [2.75, 3.05) is 0 Å². The first kappa shape index (κ1) is 18.3. The SMILES string of the molecule is Cc1cc(C)n(-c2n[nH]c(=S)n2/N=C/c2c(C)nn(-c3ccccc3)c2Cl)n1. The van der Waals surface area contributed by atoms with Crippen LogP contribution in [0.15, 0.2) is 41.5 Å². The van der Waals surface area contributed by atoms with Crippen molar-refractivity contribution in [3.8, 4) is 11.6 Å². The standard InChI is InChI=1S/C18H17ClN8S/c1-11-9-12(2)25(23-11)17-21-22-18(28)27(17)20-10-15-13(3)24-26(16(15)19)14-7-5-4-6-8-14/h4-10H,1-3H3,(H,22,28)/b20-10+. The molecular weight excluding hydrogens is 396 g/mol. The van der Waals surface area contributed by atoms with Gasteiger partial charge in [0.2, 0.25) is 4.77 Å². The second-order valence-corrected chi connectivity index (χ2v) is 7.01. The summed E-state index contributed by atoms with van der Waals surface area (Å²) >= 11 is 11.9. The second kappa shape index (κ2) is 7.17. The van der Waals surface area contributed by atoms with Crippen LogP contribution in [0.1, 0.15) is 22.6 Å². The predicted molar refractivity (Wildman–Crippen MR) is 110 cm³/mol. The van der Waals surface area contributed by atoms with Crippen molar-refractivity contribution in [1.82, 2.24) is 34.4 Å². The van der Waals surface area contributed by atoms with Crippen LogP contribution in [0.25, 0.3) is 11.6 Å². The lowest BCUT2D eigenvalue weighted by molar-refractivity contribution is 0.714. The van der Waals surface area contributed by atoms with E-state index in [2.05, 4.69) is 25.5 Å². The molecule has 0 amide bonds. The third-order valence-electron chi connectivity index (χ3n) is 4.18. The van der Waals surface area contributed by atoms with Crippen LogP contribution < -0.4 is 0 Å². The predicted octanol–water partition coefficient (Wildman–Crippen LogP) is 3.77. The average molecular weight is 413 g/mol. The topological polar surface area (TPSA) is 81.6 Å². The van der Waals surface area contributed by atoms with E-state index in [0.29, 0.717) is 21.4 Å². The molecule has 1 N–H and O–H groups in total. The number of halogens is 1. The van der Waals surface area contributed by atoms with Crippen LogP contribution in [0.2, 0.25) is 5.15 Å². The van der Waals surface area contributed by atoms with Crippen molar-refractivity contribution >= 4 is 30.0 Å². The van der Waals surface area contributed by atoms with Gasteiger partial charge in [-0.1, -0.05) is 29.8 Å². The number of para-hydroxylation sites is 1. The second-order valence-electron chi connectivity index (χ2n) is 6.26. The molecule has 3 heterocycles. The lowest BCUT2D eigenvalue weighted by Crippen LogP contribution is -2.07. The zero-order valence-electron chi connectivity index (χ0n) is 15.5. The Morgan fingerprint density at radius 1 is 1.11 bits per heavy atom. The van der Waals surface area contributed by atoms with Gasteiger partial charge in [0.05, 0.1) is 28.9 Å². The molecule has 1 aromatic carbocycles. The van der Waals surface area contributed by atoms with Gasteiger partial charge in [0, 0.05) is 5.69 Å². The number of benzene rings is 1. The molecule has 0 saturated carbocycles. The van der Waals surface area contributed by atoms with E-state index in [-0.39, 0.29) is 0 Å². The van der Waals surface area contributed by atoms with Gasteiger partial charge in [0.15, 0.2) is 0 Å². The molecule has 0 atom stereocenters. The van der Waals surface area contributed by atoms with Gasteiger partial charge in [-0.3, -0.25) is 0 Å². The molecule has 0 aliphatic heterocycles. The molecule has 142 valence electrons. The first-order valence-electron chi connectivity index (χ1n) is 8.51. The zero-order chi connectivity index (χ0) is 19.8. The van der Waals surface area contributed by atoms with Gasteiger partial charge in [-0.25, -0.2) is 14.5 Å². The number of hydrogen-bond acceptors (Lipinski definition) is 5. The molecule has 0 aliphatic carbocycles. The number of rotatable bonds is 4. The van der Waals surface area contributed by atoms with Crippen LogP contribution in [0.5, 0.6) is 0 Å². The van der Waals surface area contributed by atoms with Crippen LogP contribution in [0.4, 0.5) is 0 Å². The normalized spacial score (nSPS) is 11.6. The van der Waals surface area contributed by atoms with Gasteiger partial charge in [0.1, 0.15) is 5.15 Å². The molecule has 0 bridgehead atoms. The van der Waals surface area contributed by atoms with E-state index in [1.165, 1.54) is 4.68 Å². The molecule has 10 heteroatoms. The Kier molecular flexibility index (Phi) is 4.70. The monoisotopic (exact) mass is 412 g/mol. The summed E-state index contributed by atoms with van der Waals surface area (Å²) in [5, 5.41) is 20.9. The van der Waals surface area contributed by atoms with Crippen LogP contribution in [0.3, 0.4) is 0 Å². The molecule has 4 aromatic rings. The first-order valence-corrected chi connectivity index (χ1v) is 9.30. The Bertz CT molecular complexity index is 1230. The summed E-state index contributed by atoms with van der Waals surface area (Å²) in [7, 11) is 0. The van der Waals surface area contributed by atoms with Crippen LogP contribution in [0, 0.1) is 25.5 Å². The van der Waals surface area contributed by atoms with Crippen molar-refractivity contribution in [3.63, 3.8) is 0 Å². The van der Waals surface area contributed by atoms with Crippen LogP contribution >= 0.6 is 23.8 Å². The van der Waals surface area contributed by atoms with Crippen LogP contribution in [-0.4, -0.2) is 40.6 Å². The molecule has 4 rings (SSSR count). The fourth-order valence-electron chi connectivity index (χ4n) is 2.87. The van der Waals surface area contributed by atoms with E-state index >= 15 is 0 Å². The van der Waals surface area contributed by atoms with Gasteiger partial charge >= 0.3 is 0 Å². The number of nitrogens with zero attached hydrogens (tertiary/aromatic N) is 7. The van der Waals surface area contributed by atoms with E-state index in [9.17, 15) is 0 Å². The molecule has 28 heavy (non-hydrogen) atoms. The van der Waals surface area contributed by atoms with Gasteiger partial charge in [0.25, 0.3) is 5.95 Å². The minimum Gasteiger partial charge on any atom is -0.248 e. The summed E-state index contributed by atoms with van der Waals surface area (Å²) in [5.41, 5.74) is 4.13. The highest BCUT2D eigenvalue weighted by molar-refractivity contribution is 7.71. The van der Waals surface area contributed by atoms with E-state index in [4.69, 9.17) is 23.8 Å². The number of hydrogen-bond donors (Lipinski definition) is 1. The maximum absolute atomic E-state index is 6.56. The summed E-state index contributed by atoms with van der Waals surface area (Å²) in [4.78, 5) is 0. The maximum Gasteiger partial charge on any atom is 0.271 e. The fourth-order valence-corrected chi connectivity index (χ4v) is 3.36. The third kappa shape index (κ3) is 3.19. The van der Waals surface area contributed by atoms with Gasteiger partial charge in [-0.15, -0.1) is 5.10 Å². The van der Waals surface area contributed by atoms with E-state index in [1.54, 1.807) is 15.6 Å². The van der Waals surface area contributed by atoms with E-state index in [1.807, 2.05) is 57.2 Å². The Hall–Kier alpha value is -3.04. The lowest BCUT2D eigenvalue weighted by atomic mass is 10.3. The number of aromatic amines is 1. The highest BCUT2D eigenvalue weighted by atomic mass is 35.5. The number of H-pyrrole nitrogens is 1. The van der Waals surface area contributed by atoms with Crippen molar-refractivity contribution in [1.29, 1.82) is 0 Å². The van der Waals surface area contributed by atoms with Gasteiger partial charge < -0.3 is 0 Å².